The lowest BCUT2D eigenvalue weighted by molar-refractivity contribution is 0.0695. The minimum absolute atomic E-state index is 0.242. The molecule has 0 unspecified atom stereocenters. The van der Waals surface area contributed by atoms with Gasteiger partial charge in [-0.05, 0) is 18.6 Å². The van der Waals surface area contributed by atoms with Gasteiger partial charge in [0.25, 0.3) is 5.56 Å². The number of ether oxygens (including phenoxy) is 2. The molecule has 2 aromatic rings. The summed E-state index contributed by atoms with van der Waals surface area (Å²) in [5.74, 6) is 0.778. The highest BCUT2D eigenvalue weighted by molar-refractivity contribution is 7.91. The van der Waals surface area contributed by atoms with Gasteiger partial charge in [-0.25, -0.2) is 13.2 Å². The second-order valence-corrected chi connectivity index (χ2v) is 10.8. The van der Waals surface area contributed by atoms with Crippen LogP contribution in [0.15, 0.2) is 33.9 Å². The van der Waals surface area contributed by atoms with E-state index in [-0.39, 0.29) is 6.42 Å². The fourth-order valence-corrected chi connectivity index (χ4v) is 6.31. The minimum atomic E-state index is -3.36. The second kappa shape index (κ2) is 7.38. The highest BCUT2D eigenvalue weighted by Gasteiger charge is 2.53. The van der Waals surface area contributed by atoms with Crippen molar-refractivity contribution in [2.45, 2.75) is 23.9 Å². The fraction of sp³-hybridized carbons (Fsp3) is 0.524. The molecule has 0 spiro atoms. The molecular weight excluding hydrogens is 436 g/mol. The fourth-order valence-electron chi connectivity index (χ4n) is 5.14. The van der Waals surface area contributed by atoms with E-state index in [4.69, 9.17) is 9.47 Å². The third-order valence-corrected chi connectivity index (χ3v) is 8.27. The van der Waals surface area contributed by atoms with Gasteiger partial charge in [-0.15, -0.1) is 0 Å². The number of nitrogens with zero attached hydrogens (tertiary/aromatic N) is 4. The molecule has 4 heterocycles. The van der Waals surface area contributed by atoms with Crippen LogP contribution in [-0.4, -0.2) is 62.5 Å². The van der Waals surface area contributed by atoms with E-state index in [2.05, 4.69) is 4.90 Å². The number of para-hydroxylation sites is 2. The topological polar surface area (TPSA) is 103 Å². The summed E-state index contributed by atoms with van der Waals surface area (Å²) in [6.07, 6.45) is 0.0376. The Bertz CT molecular complexity index is 1290. The minimum Gasteiger partial charge on any atom is -0.495 e. The molecule has 3 atom stereocenters. The molecule has 2 saturated heterocycles. The summed E-state index contributed by atoms with van der Waals surface area (Å²) in [6, 6.07) is 7.75. The predicted molar refractivity (Wildman–Crippen MR) is 119 cm³/mol. The van der Waals surface area contributed by atoms with Crippen molar-refractivity contribution in [2.75, 3.05) is 49.5 Å². The lowest BCUT2D eigenvalue weighted by Gasteiger charge is -2.38. The number of benzene rings is 1. The van der Waals surface area contributed by atoms with Crippen LogP contribution in [0.25, 0.3) is 0 Å². The van der Waals surface area contributed by atoms with Crippen molar-refractivity contribution < 1.29 is 17.9 Å². The van der Waals surface area contributed by atoms with E-state index < -0.39 is 38.5 Å². The monoisotopic (exact) mass is 462 g/mol. The summed E-state index contributed by atoms with van der Waals surface area (Å²) >= 11 is 0. The summed E-state index contributed by atoms with van der Waals surface area (Å²) in [5, 5.41) is 1.03. The number of hydrogen-bond donors (Lipinski definition) is 0. The van der Waals surface area contributed by atoms with Gasteiger partial charge >= 0.3 is 5.69 Å². The summed E-state index contributed by atoms with van der Waals surface area (Å²) < 4.78 is 38.2. The molecule has 1 aromatic carbocycles. The number of rotatable bonds is 4. The van der Waals surface area contributed by atoms with Crippen molar-refractivity contribution in [2.24, 2.45) is 7.05 Å². The van der Waals surface area contributed by atoms with E-state index in [0.29, 0.717) is 37.4 Å². The van der Waals surface area contributed by atoms with Crippen molar-refractivity contribution in [3.05, 3.63) is 56.4 Å². The van der Waals surface area contributed by atoms with Crippen LogP contribution < -0.4 is 25.9 Å². The predicted octanol–water partition coefficient (Wildman–Crippen LogP) is -0.0569. The standard InChI is InChI=1S/C21H26N4O6S/c1-22-18-17(15-12-16(19(18)31-15)32(3,28)29)20(26)25(21(22)27)24-10-8-23(9-11-24)13-6-4-5-7-14(13)30-2/h4-7,15-16,19H,8-12H2,1-3H3/t15-,16+,19+/m1/s1. The molecule has 0 saturated carbocycles. The van der Waals surface area contributed by atoms with Gasteiger partial charge in [0.15, 0.2) is 9.84 Å². The van der Waals surface area contributed by atoms with Crippen molar-refractivity contribution in [3.63, 3.8) is 0 Å². The normalized spacial score (nSPS) is 24.7. The van der Waals surface area contributed by atoms with Gasteiger partial charge < -0.3 is 19.4 Å². The molecule has 172 valence electrons. The summed E-state index contributed by atoms with van der Waals surface area (Å²) in [4.78, 5) is 28.7. The third-order valence-electron chi connectivity index (χ3n) is 6.73. The van der Waals surface area contributed by atoms with E-state index in [0.717, 1.165) is 11.4 Å². The highest BCUT2D eigenvalue weighted by Crippen LogP contribution is 2.51. The number of methoxy groups -OCH3 is 1. The Morgan fingerprint density at radius 3 is 2.44 bits per heavy atom. The Balaban J connectivity index is 1.46. The zero-order valence-corrected chi connectivity index (χ0v) is 19.0. The first-order valence-corrected chi connectivity index (χ1v) is 12.5. The van der Waals surface area contributed by atoms with E-state index >= 15 is 0 Å². The first kappa shape index (κ1) is 21.1. The van der Waals surface area contributed by atoms with Crippen molar-refractivity contribution >= 4 is 15.5 Å². The Morgan fingerprint density at radius 2 is 1.78 bits per heavy atom. The molecule has 2 fully saturated rings. The zero-order chi connectivity index (χ0) is 22.8. The molecule has 0 radical (unpaired) electrons. The zero-order valence-electron chi connectivity index (χ0n) is 18.2. The molecule has 0 N–H and O–H groups in total. The molecule has 11 heteroatoms. The van der Waals surface area contributed by atoms with Crippen molar-refractivity contribution in [1.82, 2.24) is 9.24 Å². The molecule has 2 bridgehead atoms. The number of fused-ring (bicyclic) bond motifs is 5. The van der Waals surface area contributed by atoms with Crippen LogP contribution in [0.5, 0.6) is 5.75 Å². The Kier molecular flexibility index (Phi) is 4.86. The number of anilines is 1. The Labute approximate surface area is 185 Å². The molecule has 3 aliphatic rings. The maximum absolute atomic E-state index is 13.4. The van der Waals surface area contributed by atoms with Crippen LogP contribution in [-0.2, 0) is 21.6 Å². The third kappa shape index (κ3) is 3.06. The molecule has 5 rings (SSSR count). The SMILES string of the molecule is COc1ccccc1N1CCN(n2c(=O)c3c(n(C)c2=O)[C@H]2O[C@@H]3C[C@@H]2S(C)(=O)=O)CC1. The number of aromatic nitrogens is 2. The van der Waals surface area contributed by atoms with Crippen LogP contribution in [0.4, 0.5) is 5.69 Å². The molecule has 32 heavy (non-hydrogen) atoms. The van der Waals surface area contributed by atoms with Crippen LogP contribution in [0.2, 0.25) is 0 Å². The van der Waals surface area contributed by atoms with Crippen LogP contribution >= 0.6 is 0 Å². The van der Waals surface area contributed by atoms with E-state index in [9.17, 15) is 18.0 Å². The lowest BCUT2D eigenvalue weighted by atomic mass is 9.96. The van der Waals surface area contributed by atoms with Crippen molar-refractivity contribution in [1.29, 1.82) is 0 Å². The van der Waals surface area contributed by atoms with Gasteiger partial charge in [0.2, 0.25) is 0 Å². The van der Waals surface area contributed by atoms with Gasteiger partial charge in [-0.3, -0.25) is 9.36 Å². The quantitative estimate of drug-likeness (QED) is 0.623. The van der Waals surface area contributed by atoms with Crippen molar-refractivity contribution in [3.8, 4) is 5.75 Å². The molecule has 0 amide bonds. The number of piperazine rings is 1. The van der Waals surface area contributed by atoms with Crippen LogP contribution in [0, 0.1) is 0 Å². The first-order valence-electron chi connectivity index (χ1n) is 10.6. The van der Waals surface area contributed by atoms with Crippen LogP contribution in [0.3, 0.4) is 0 Å². The molecule has 1 aromatic heterocycles. The lowest BCUT2D eigenvalue weighted by Crippen LogP contribution is -2.60. The Hall–Kier alpha value is -2.79. The van der Waals surface area contributed by atoms with Gasteiger partial charge in [0.1, 0.15) is 11.9 Å². The van der Waals surface area contributed by atoms with Gasteiger partial charge in [0.05, 0.1) is 48.5 Å². The van der Waals surface area contributed by atoms with E-state index in [1.54, 1.807) is 19.2 Å². The van der Waals surface area contributed by atoms with Gasteiger partial charge in [0, 0.05) is 26.4 Å². The second-order valence-electron chi connectivity index (χ2n) is 8.52. The van der Waals surface area contributed by atoms with Gasteiger partial charge in [-0.2, -0.15) is 4.68 Å². The molecule has 10 nitrogen and oxygen atoms in total. The molecular formula is C21H26N4O6S. The highest BCUT2D eigenvalue weighted by atomic mass is 32.2. The van der Waals surface area contributed by atoms with E-state index in [1.807, 2.05) is 24.3 Å². The average molecular weight is 463 g/mol. The molecule has 3 aliphatic heterocycles. The van der Waals surface area contributed by atoms with E-state index in [1.165, 1.54) is 15.5 Å². The first-order chi connectivity index (χ1) is 15.2. The smallest absolute Gasteiger partial charge is 0.350 e. The summed E-state index contributed by atoms with van der Waals surface area (Å²) in [6.45, 7) is 2.19. The van der Waals surface area contributed by atoms with Gasteiger partial charge in [-0.1, -0.05) is 12.1 Å². The van der Waals surface area contributed by atoms with Crippen LogP contribution in [0.1, 0.15) is 29.9 Å². The molecule has 0 aliphatic carbocycles. The maximum Gasteiger partial charge on any atom is 0.350 e. The average Bonchev–Trinajstić information content (AvgIpc) is 3.38. The maximum atomic E-state index is 13.4. The summed E-state index contributed by atoms with van der Waals surface area (Å²) in [5.41, 5.74) is 0.886. The largest absolute Gasteiger partial charge is 0.495 e. The Morgan fingerprint density at radius 1 is 1.09 bits per heavy atom. The number of sulfone groups is 1. The number of hydrogen-bond acceptors (Lipinski definition) is 8. The summed E-state index contributed by atoms with van der Waals surface area (Å²) in [7, 11) is -0.156.